The van der Waals surface area contributed by atoms with Gasteiger partial charge in [-0.05, 0) is 54.9 Å². The zero-order valence-corrected chi connectivity index (χ0v) is 18.9. The zero-order chi connectivity index (χ0) is 23.7. The topological polar surface area (TPSA) is 99.2 Å². The second kappa shape index (κ2) is 9.37. The maximum Gasteiger partial charge on any atom is 0.410 e. The van der Waals surface area contributed by atoms with Crippen LogP contribution in [-0.2, 0) is 16.1 Å². The summed E-state index contributed by atoms with van der Waals surface area (Å²) in [4.78, 5) is 39.4. The highest BCUT2D eigenvalue weighted by molar-refractivity contribution is 5.94. The van der Waals surface area contributed by atoms with E-state index >= 15 is 0 Å². The number of benzene rings is 2. The summed E-state index contributed by atoms with van der Waals surface area (Å²) in [7, 11) is 0. The van der Waals surface area contributed by atoms with Crippen molar-refractivity contribution in [3.63, 3.8) is 0 Å². The van der Waals surface area contributed by atoms with E-state index in [1.165, 1.54) is 10.5 Å². The predicted octanol–water partition coefficient (Wildman–Crippen LogP) is 4.28. The van der Waals surface area contributed by atoms with Gasteiger partial charge >= 0.3 is 12.2 Å². The van der Waals surface area contributed by atoms with Crippen molar-refractivity contribution in [1.82, 2.24) is 9.80 Å². The van der Waals surface area contributed by atoms with Gasteiger partial charge in [-0.2, -0.15) is 0 Å². The molecule has 0 saturated carbocycles. The predicted molar refractivity (Wildman–Crippen MR) is 125 cm³/mol. The van der Waals surface area contributed by atoms with Gasteiger partial charge in [0.05, 0.1) is 5.92 Å². The molecule has 34 heavy (non-hydrogen) atoms. The number of nitrogens with zero attached hydrogens (tertiary/aromatic N) is 2. The molecule has 0 spiro atoms. The fourth-order valence-corrected chi connectivity index (χ4v) is 5.45. The Bertz CT molecular complexity index is 1040. The molecular formula is C26H29N3O5. The van der Waals surface area contributed by atoms with E-state index in [9.17, 15) is 19.5 Å². The van der Waals surface area contributed by atoms with Gasteiger partial charge in [-0.3, -0.25) is 4.79 Å². The molecule has 3 aliphatic rings. The van der Waals surface area contributed by atoms with E-state index in [-0.39, 0.29) is 30.5 Å². The molecule has 0 radical (unpaired) electrons. The lowest BCUT2D eigenvalue weighted by Crippen LogP contribution is -2.54. The minimum atomic E-state index is -0.803. The molecule has 8 nitrogen and oxygen atoms in total. The van der Waals surface area contributed by atoms with Crippen molar-refractivity contribution in [2.24, 2.45) is 5.92 Å². The van der Waals surface area contributed by atoms with Crippen LogP contribution < -0.4 is 5.32 Å². The zero-order valence-electron chi connectivity index (χ0n) is 18.9. The summed E-state index contributed by atoms with van der Waals surface area (Å²) in [6.07, 6.45) is 2.39. The highest BCUT2D eigenvalue weighted by atomic mass is 16.6. The Morgan fingerprint density at radius 3 is 2.21 bits per heavy atom. The second-order valence-corrected chi connectivity index (χ2v) is 9.50. The molecule has 2 unspecified atom stereocenters. The second-order valence-electron chi connectivity index (χ2n) is 9.50. The van der Waals surface area contributed by atoms with Gasteiger partial charge in [-0.1, -0.05) is 42.5 Å². The number of anilines is 1. The van der Waals surface area contributed by atoms with Gasteiger partial charge in [-0.15, -0.1) is 0 Å². The molecule has 3 fully saturated rings. The molecule has 3 saturated heterocycles. The average molecular weight is 464 g/mol. The van der Waals surface area contributed by atoms with Gasteiger partial charge in [0.15, 0.2) is 0 Å². The molecule has 2 atom stereocenters. The van der Waals surface area contributed by atoms with Crippen molar-refractivity contribution in [2.45, 2.75) is 50.3 Å². The fourth-order valence-electron chi connectivity index (χ4n) is 5.45. The molecule has 3 heterocycles. The van der Waals surface area contributed by atoms with E-state index in [1.54, 1.807) is 4.90 Å². The van der Waals surface area contributed by atoms with Gasteiger partial charge in [0.25, 0.3) is 0 Å². The van der Waals surface area contributed by atoms with Gasteiger partial charge in [0.1, 0.15) is 6.61 Å². The third-order valence-electron chi connectivity index (χ3n) is 7.32. The lowest BCUT2D eigenvalue weighted by Gasteiger charge is -2.37. The number of hydrogen-bond acceptors (Lipinski definition) is 4. The number of amides is 3. The van der Waals surface area contributed by atoms with Crippen LogP contribution in [0.1, 0.15) is 42.7 Å². The Hall–Kier alpha value is -3.55. The maximum atomic E-state index is 12.6. The number of rotatable bonds is 5. The number of piperidine rings is 1. The van der Waals surface area contributed by atoms with Gasteiger partial charge < -0.3 is 25.0 Å². The molecule has 2 bridgehead atoms. The van der Waals surface area contributed by atoms with E-state index in [0.29, 0.717) is 19.0 Å². The van der Waals surface area contributed by atoms with Crippen LogP contribution in [-0.4, -0.2) is 58.2 Å². The number of nitrogens with one attached hydrogen (secondary N) is 1. The van der Waals surface area contributed by atoms with E-state index in [0.717, 1.165) is 36.9 Å². The Balaban J connectivity index is 1.08. The molecule has 0 aromatic heterocycles. The van der Waals surface area contributed by atoms with E-state index < -0.39 is 12.2 Å². The summed E-state index contributed by atoms with van der Waals surface area (Å²) in [5.41, 5.74) is 2.84. The van der Waals surface area contributed by atoms with Crippen molar-refractivity contribution < 1.29 is 24.2 Å². The van der Waals surface area contributed by atoms with Crippen molar-refractivity contribution in [3.05, 3.63) is 65.7 Å². The Kier molecular flexibility index (Phi) is 6.13. The van der Waals surface area contributed by atoms with Crippen LogP contribution >= 0.6 is 0 Å². The molecule has 2 aromatic carbocycles. The lowest BCUT2D eigenvalue weighted by molar-refractivity contribution is -0.124. The number of fused-ring (bicyclic) bond motifs is 2. The van der Waals surface area contributed by atoms with Gasteiger partial charge in [0.2, 0.25) is 5.91 Å². The van der Waals surface area contributed by atoms with Crippen molar-refractivity contribution in [3.8, 4) is 0 Å². The Labute approximate surface area is 198 Å². The molecule has 0 aliphatic carbocycles. The van der Waals surface area contributed by atoms with Gasteiger partial charge in [0, 0.05) is 30.9 Å². The average Bonchev–Trinajstić information content (AvgIpc) is 3.08. The Morgan fingerprint density at radius 1 is 0.941 bits per heavy atom. The molecule has 2 N–H and O–H groups in total. The van der Waals surface area contributed by atoms with Crippen molar-refractivity contribution >= 4 is 23.8 Å². The number of ether oxygens (including phenoxy) is 1. The highest BCUT2D eigenvalue weighted by Gasteiger charge is 2.43. The molecule has 178 valence electrons. The van der Waals surface area contributed by atoms with Crippen LogP contribution in [0.4, 0.5) is 15.3 Å². The monoisotopic (exact) mass is 463 g/mol. The number of hydrogen-bond donors (Lipinski definition) is 2. The first-order valence-corrected chi connectivity index (χ1v) is 11.9. The molecule has 5 rings (SSSR count). The van der Waals surface area contributed by atoms with Crippen LogP contribution in [0.2, 0.25) is 0 Å². The first-order chi connectivity index (χ1) is 16.5. The standard InChI is InChI=1S/C26H29N3O5/c30-24(20-14-28(15-20)26(33)34-16-17-4-2-1-3-5-17)27-21-8-6-18(7-9-21)19-12-22-10-11-23(13-19)29(22)25(31)32/h1-9,19-20,22-23H,10-16H2,(H,27,30)(H,31,32). The van der Waals surface area contributed by atoms with Crippen LogP contribution in [0.3, 0.4) is 0 Å². The number of carboxylic acid groups (broad SMARTS) is 1. The Morgan fingerprint density at radius 2 is 1.59 bits per heavy atom. The minimum absolute atomic E-state index is 0.104. The molecule has 8 heteroatoms. The van der Waals surface area contributed by atoms with Crippen LogP contribution in [0, 0.1) is 5.92 Å². The number of carbonyl (C=O) groups is 3. The molecule has 3 aliphatic heterocycles. The summed E-state index contributed by atoms with van der Waals surface area (Å²) in [5.74, 6) is -0.00691. The molecule has 3 amide bonds. The quantitative estimate of drug-likeness (QED) is 0.690. The third-order valence-corrected chi connectivity index (χ3v) is 7.32. The number of carbonyl (C=O) groups excluding carboxylic acids is 2. The van der Waals surface area contributed by atoms with Crippen LogP contribution in [0.25, 0.3) is 0 Å². The van der Waals surface area contributed by atoms with Crippen LogP contribution in [0.15, 0.2) is 54.6 Å². The summed E-state index contributed by atoms with van der Waals surface area (Å²) >= 11 is 0. The van der Waals surface area contributed by atoms with Crippen molar-refractivity contribution in [1.29, 1.82) is 0 Å². The summed E-state index contributed by atoms with van der Waals surface area (Å²) in [5, 5.41) is 12.4. The summed E-state index contributed by atoms with van der Waals surface area (Å²) < 4.78 is 5.31. The maximum absolute atomic E-state index is 12.6. The van der Waals surface area contributed by atoms with Crippen LogP contribution in [0.5, 0.6) is 0 Å². The first-order valence-electron chi connectivity index (χ1n) is 11.9. The largest absolute Gasteiger partial charge is 0.465 e. The minimum Gasteiger partial charge on any atom is -0.465 e. The van der Waals surface area contributed by atoms with E-state index in [1.807, 2.05) is 54.6 Å². The summed E-state index contributed by atoms with van der Waals surface area (Å²) in [6.45, 7) is 0.918. The normalized spacial score (nSPS) is 23.8. The molecular weight excluding hydrogens is 434 g/mol. The SMILES string of the molecule is O=C(Nc1ccc(C2CC3CCC(C2)N3C(=O)O)cc1)C1CN(C(=O)OCc2ccccc2)C1. The van der Waals surface area contributed by atoms with Gasteiger partial charge in [-0.25, -0.2) is 9.59 Å². The van der Waals surface area contributed by atoms with E-state index in [4.69, 9.17) is 4.74 Å². The van der Waals surface area contributed by atoms with Crippen molar-refractivity contribution in [2.75, 3.05) is 18.4 Å². The first kappa shape index (κ1) is 22.3. The lowest BCUT2D eigenvalue weighted by atomic mass is 9.85. The third kappa shape index (κ3) is 4.58. The number of likely N-dealkylation sites (tertiary alicyclic amines) is 1. The highest BCUT2D eigenvalue weighted by Crippen LogP contribution is 2.43. The smallest absolute Gasteiger partial charge is 0.410 e. The summed E-state index contributed by atoms with van der Waals surface area (Å²) in [6, 6.07) is 17.6. The molecule has 2 aromatic rings. The van der Waals surface area contributed by atoms with E-state index in [2.05, 4.69) is 5.32 Å². The fraction of sp³-hybridized carbons (Fsp3) is 0.423.